The van der Waals surface area contributed by atoms with Gasteiger partial charge in [-0.15, -0.1) is 0 Å². The second-order valence-corrected chi connectivity index (χ2v) is 16.7. The van der Waals surface area contributed by atoms with Crippen LogP contribution in [0, 0.1) is 17.2 Å². The number of hydrogen-bond acceptors (Lipinski definition) is 10. The van der Waals surface area contributed by atoms with E-state index in [-0.39, 0.29) is 36.9 Å². The van der Waals surface area contributed by atoms with Gasteiger partial charge in [0.15, 0.2) is 0 Å². The summed E-state index contributed by atoms with van der Waals surface area (Å²) in [6.45, 7) is 10.6. The van der Waals surface area contributed by atoms with Crippen LogP contribution in [0.25, 0.3) is 0 Å². The second kappa shape index (κ2) is 16.4. The van der Waals surface area contributed by atoms with E-state index >= 15 is 0 Å². The molecule has 0 spiro atoms. The van der Waals surface area contributed by atoms with E-state index in [1.807, 2.05) is 30.0 Å². The van der Waals surface area contributed by atoms with Gasteiger partial charge in [0.1, 0.15) is 17.9 Å². The highest BCUT2D eigenvalue weighted by atomic mass is 35.5. The lowest BCUT2D eigenvalue weighted by atomic mass is 9.94. The minimum absolute atomic E-state index is 0.0470. The Hall–Kier alpha value is -5.45. The maximum atomic E-state index is 13.8. The molecule has 5 heterocycles. The number of carbonyl (C=O) groups excluding carboxylic acids is 5. The third kappa shape index (κ3) is 7.87. The number of likely N-dealkylation sites (tertiary alicyclic amines) is 1. The van der Waals surface area contributed by atoms with Crippen LogP contribution in [0.5, 0.6) is 5.75 Å². The lowest BCUT2D eigenvalue weighted by Gasteiger charge is -2.43. The number of hydrogen-bond donors (Lipinski definition) is 1. The van der Waals surface area contributed by atoms with Crippen LogP contribution in [0.4, 0.5) is 11.4 Å². The highest BCUT2D eigenvalue weighted by molar-refractivity contribution is 6.31. The topological polar surface area (TPSA) is 147 Å². The molecule has 13 nitrogen and oxygen atoms in total. The number of piperazine rings is 1. The Morgan fingerprint density at radius 3 is 2.33 bits per heavy atom. The molecule has 0 bridgehead atoms. The fourth-order valence-electron chi connectivity index (χ4n) is 9.17. The summed E-state index contributed by atoms with van der Waals surface area (Å²) >= 11 is 6.20. The van der Waals surface area contributed by atoms with Crippen LogP contribution in [0.15, 0.2) is 60.7 Å². The minimum Gasteiger partial charge on any atom is -0.491 e. The van der Waals surface area contributed by atoms with E-state index in [0.717, 1.165) is 81.4 Å². The molecule has 4 fully saturated rings. The minimum atomic E-state index is -0.968. The van der Waals surface area contributed by atoms with E-state index in [2.05, 4.69) is 45.1 Å². The Labute approximate surface area is 343 Å². The Balaban J connectivity index is 0.776. The Bertz CT molecular complexity index is 2160. The van der Waals surface area contributed by atoms with Crippen LogP contribution in [0.3, 0.4) is 0 Å². The summed E-state index contributed by atoms with van der Waals surface area (Å²) in [5, 5.41) is 11.8. The van der Waals surface area contributed by atoms with Crippen molar-refractivity contribution < 1.29 is 28.7 Å². The number of rotatable bonds is 11. The van der Waals surface area contributed by atoms with Crippen LogP contribution < -0.4 is 19.9 Å². The molecule has 5 aliphatic heterocycles. The number of nitrogens with one attached hydrogen (secondary N) is 1. The summed E-state index contributed by atoms with van der Waals surface area (Å²) in [4.78, 5) is 74.3. The molecule has 0 aromatic heterocycles. The maximum absolute atomic E-state index is 13.8. The number of ether oxygens (including phenoxy) is 1. The van der Waals surface area contributed by atoms with Crippen molar-refractivity contribution in [2.75, 3.05) is 55.6 Å². The molecule has 3 aromatic carbocycles. The van der Waals surface area contributed by atoms with Crippen molar-refractivity contribution in [3.8, 4) is 11.8 Å². The number of imide groups is 2. The van der Waals surface area contributed by atoms with Crippen molar-refractivity contribution in [1.82, 2.24) is 20.0 Å². The third-order valence-electron chi connectivity index (χ3n) is 12.5. The van der Waals surface area contributed by atoms with Crippen LogP contribution in [0.2, 0.25) is 5.02 Å². The molecule has 0 saturated carbocycles. The lowest BCUT2D eigenvalue weighted by Crippen LogP contribution is -2.54. The van der Waals surface area contributed by atoms with Gasteiger partial charge in [0.25, 0.3) is 17.7 Å². The monoisotopic (exact) mass is 805 g/mol. The number of anilines is 2. The van der Waals surface area contributed by atoms with Crippen LogP contribution >= 0.6 is 11.6 Å². The number of amides is 5. The molecule has 1 N–H and O–H groups in total. The quantitative estimate of drug-likeness (QED) is 0.260. The van der Waals surface area contributed by atoms with Crippen molar-refractivity contribution in [1.29, 1.82) is 5.26 Å². The van der Waals surface area contributed by atoms with Gasteiger partial charge in [-0.1, -0.05) is 11.6 Å². The molecule has 302 valence electrons. The molecule has 5 amide bonds. The van der Waals surface area contributed by atoms with Crippen molar-refractivity contribution >= 4 is 52.5 Å². The van der Waals surface area contributed by atoms with Gasteiger partial charge in [-0.3, -0.25) is 39.1 Å². The predicted molar refractivity (Wildman–Crippen MR) is 218 cm³/mol. The van der Waals surface area contributed by atoms with E-state index in [9.17, 15) is 24.0 Å². The second-order valence-electron chi connectivity index (χ2n) is 16.3. The zero-order valence-electron chi connectivity index (χ0n) is 32.9. The number of benzene rings is 3. The third-order valence-corrected chi connectivity index (χ3v) is 12.8. The smallest absolute Gasteiger partial charge is 0.262 e. The number of carbonyl (C=O) groups is 5. The van der Waals surface area contributed by atoms with Gasteiger partial charge < -0.3 is 19.4 Å². The van der Waals surface area contributed by atoms with Crippen LogP contribution in [-0.2, 0) is 9.59 Å². The molecule has 8 rings (SSSR count). The van der Waals surface area contributed by atoms with Crippen molar-refractivity contribution in [3.63, 3.8) is 0 Å². The standard InChI is InChI=1S/C44H48ClN7O6/c1-27-3-7-34(21-28(2)58-35-11-6-31(24-46)38(45)23-35)51(27)42(55)30-4-8-32(9-5-30)49-19-17-48(18-20-49)16-15-29-25-50(26-29)33-10-12-36-37(22-33)44(57)52(43(36)56)39-13-14-40(53)47-41(39)54/h4-6,8-12,22-23,27-29,34,39H,3,7,13-21,25-26H2,1-2H3,(H,47,53,54). The zero-order valence-corrected chi connectivity index (χ0v) is 33.6. The van der Waals surface area contributed by atoms with Crippen LogP contribution in [-0.4, -0.2) is 114 Å². The number of nitrogens with zero attached hydrogens (tertiary/aromatic N) is 6. The number of nitriles is 1. The first-order valence-electron chi connectivity index (χ1n) is 20.3. The largest absolute Gasteiger partial charge is 0.491 e. The summed E-state index contributed by atoms with van der Waals surface area (Å²) in [5.41, 5.74) is 3.72. The number of fused-ring (bicyclic) bond motifs is 1. The van der Waals surface area contributed by atoms with Crippen molar-refractivity contribution in [2.45, 2.75) is 76.6 Å². The average molecular weight is 806 g/mol. The molecule has 3 aromatic rings. The van der Waals surface area contributed by atoms with E-state index in [1.165, 1.54) is 0 Å². The van der Waals surface area contributed by atoms with Gasteiger partial charge in [-0.2, -0.15) is 5.26 Å². The molecular formula is C44H48ClN7O6. The summed E-state index contributed by atoms with van der Waals surface area (Å²) in [6.07, 6.45) is 3.73. The maximum Gasteiger partial charge on any atom is 0.262 e. The fraction of sp³-hybridized carbons (Fsp3) is 0.455. The van der Waals surface area contributed by atoms with Crippen molar-refractivity contribution in [2.24, 2.45) is 5.92 Å². The van der Waals surface area contributed by atoms with Gasteiger partial charge >= 0.3 is 0 Å². The molecular weight excluding hydrogens is 758 g/mol. The molecule has 4 unspecified atom stereocenters. The summed E-state index contributed by atoms with van der Waals surface area (Å²) in [5.74, 6) is -0.779. The molecule has 4 saturated heterocycles. The Morgan fingerprint density at radius 2 is 1.62 bits per heavy atom. The SMILES string of the molecule is CC(CC1CCC(C)N1C(=O)c1ccc(N2CCN(CCC3CN(c4ccc5c(c4)C(=O)N(C4CCC(=O)NC4=O)C5=O)C3)CC2)cc1)Oc1ccc(C#N)c(Cl)c1. The molecule has 14 heteroatoms. The first kappa shape index (κ1) is 39.4. The fourth-order valence-corrected chi connectivity index (χ4v) is 9.38. The molecule has 58 heavy (non-hydrogen) atoms. The summed E-state index contributed by atoms with van der Waals surface area (Å²) in [7, 11) is 0. The van der Waals surface area contributed by atoms with Gasteiger partial charge in [0, 0.05) is 87.2 Å². The number of halogens is 1. The number of piperidine rings is 1. The summed E-state index contributed by atoms with van der Waals surface area (Å²) < 4.78 is 6.14. The highest BCUT2D eigenvalue weighted by Crippen LogP contribution is 2.35. The van der Waals surface area contributed by atoms with E-state index in [1.54, 1.807) is 30.3 Å². The van der Waals surface area contributed by atoms with E-state index in [4.69, 9.17) is 21.6 Å². The Kier molecular flexibility index (Phi) is 11.2. The van der Waals surface area contributed by atoms with E-state index in [0.29, 0.717) is 45.4 Å². The predicted octanol–water partition coefficient (Wildman–Crippen LogP) is 5.11. The van der Waals surface area contributed by atoms with E-state index < -0.39 is 29.7 Å². The zero-order chi connectivity index (χ0) is 40.7. The first-order chi connectivity index (χ1) is 28.0. The molecule has 4 atom stereocenters. The van der Waals surface area contributed by atoms with Gasteiger partial charge in [-0.05, 0) is 107 Å². The molecule has 5 aliphatic rings. The van der Waals surface area contributed by atoms with Gasteiger partial charge in [-0.25, -0.2) is 0 Å². The van der Waals surface area contributed by atoms with Crippen molar-refractivity contribution in [3.05, 3.63) is 87.9 Å². The van der Waals surface area contributed by atoms with Gasteiger partial charge in [0.2, 0.25) is 11.8 Å². The average Bonchev–Trinajstić information content (AvgIpc) is 3.68. The molecule has 0 aliphatic carbocycles. The lowest BCUT2D eigenvalue weighted by molar-refractivity contribution is -0.136. The first-order valence-corrected chi connectivity index (χ1v) is 20.7. The Morgan fingerprint density at radius 1 is 0.897 bits per heavy atom. The molecule has 0 radical (unpaired) electrons. The highest BCUT2D eigenvalue weighted by Gasteiger charge is 2.45. The van der Waals surface area contributed by atoms with Gasteiger partial charge in [0.05, 0.1) is 27.8 Å². The summed E-state index contributed by atoms with van der Waals surface area (Å²) in [6, 6.07) is 19.7. The normalized spacial score (nSPS) is 23.1. The van der Waals surface area contributed by atoms with Crippen LogP contribution in [0.1, 0.15) is 89.0 Å².